The molecule has 2 amide bonds. The van der Waals surface area contributed by atoms with Gasteiger partial charge >= 0.3 is 12.0 Å². The molecule has 0 fully saturated rings. The lowest BCUT2D eigenvalue weighted by molar-refractivity contribution is -0.139. The van der Waals surface area contributed by atoms with Gasteiger partial charge in [-0.05, 0) is 12.8 Å². The van der Waals surface area contributed by atoms with Gasteiger partial charge in [0.15, 0.2) is 0 Å². The number of carboxylic acid groups (broad SMARTS) is 1. The zero-order valence-electron chi connectivity index (χ0n) is 9.89. The molecule has 0 aromatic rings. The summed E-state index contributed by atoms with van der Waals surface area (Å²) in [5, 5.41) is 13.3. The molecule has 3 N–H and O–H groups in total. The van der Waals surface area contributed by atoms with Crippen LogP contribution in [-0.2, 0) is 14.6 Å². The van der Waals surface area contributed by atoms with Gasteiger partial charge in [0.1, 0.15) is 15.9 Å². The van der Waals surface area contributed by atoms with E-state index in [1.807, 2.05) is 0 Å². The highest BCUT2D eigenvalue weighted by molar-refractivity contribution is 7.90. The van der Waals surface area contributed by atoms with Crippen molar-refractivity contribution in [3.05, 3.63) is 0 Å². The van der Waals surface area contributed by atoms with E-state index in [4.69, 9.17) is 5.11 Å². The number of amides is 2. The van der Waals surface area contributed by atoms with Gasteiger partial charge in [-0.25, -0.2) is 18.0 Å². The molecule has 100 valence electrons. The molecule has 0 aliphatic rings. The van der Waals surface area contributed by atoms with Crippen LogP contribution in [0.1, 0.15) is 19.8 Å². The Morgan fingerprint density at radius 1 is 1.35 bits per heavy atom. The van der Waals surface area contributed by atoms with E-state index < -0.39 is 27.9 Å². The first-order valence-corrected chi connectivity index (χ1v) is 7.27. The summed E-state index contributed by atoms with van der Waals surface area (Å²) in [5.74, 6) is -1.11. The van der Waals surface area contributed by atoms with Crippen LogP contribution in [0.15, 0.2) is 0 Å². The van der Waals surface area contributed by atoms with Crippen LogP contribution in [-0.4, -0.2) is 50.1 Å². The highest BCUT2D eigenvalue weighted by Gasteiger charge is 2.16. The highest BCUT2D eigenvalue weighted by Crippen LogP contribution is 1.91. The molecule has 0 radical (unpaired) electrons. The SMILES string of the molecule is CC[C@H](NC(=O)NCCCS(C)(=O)=O)C(=O)O. The second kappa shape index (κ2) is 7.10. The van der Waals surface area contributed by atoms with Crippen LogP contribution < -0.4 is 10.6 Å². The zero-order chi connectivity index (χ0) is 13.5. The lowest BCUT2D eigenvalue weighted by Gasteiger charge is -2.12. The molecule has 0 saturated carbocycles. The molecule has 17 heavy (non-hydrogen) atoms. The van der Waals surface area contributed by atoms with Gasteiger partial charge in [-0.15, -0.1) is 0 Å². The average molecular weight is 266 g/mol. The Kier molecular flexibility index (Phi) is 6.55. The molecule has 0 aromatic heterocycles. The van der Waals surface area contributed by atoms with Gasteiger partial charge in [-0.2, -0.15) is 0 Å². The first-order valence-electron chi connectivity index (χ1n) is 5.21. The molecule has 0 bridgehead atoms. The van der Waals surface area contributed by atoms with Crippen molar-refractivity contribution >= 4 is 21.8 Å². The Balaban J connectivity index is 3.84. The van der Waals surface area contributed by atoms with Gasteiger partial charge in [0, 0.05) is 12.8 Å². The Labute approximate surface area is 101 Å². The highest BCUT2D eigenvalue weighted by atomic mass is 32.2. The summed E-state index contributed by atoms with van der Waals surface area (Å²) in [6.07, 6.45) is 1.70. The Morgan fingerprint density at radius 2 is 1.94 bits per heavy atom. The average Bonchev–Trinajstić information content (AvgIpc) is 2.19. The standard InChI is InChI=1S/C9H18N2O5S/c1-3-7(8(12)13)11-9(14)10-5-4-6-17(2,15)16/h7H,3-6H2,1-2H3,(H,12,13)(H2,10,11,14)/t7-/m0/s1. The molecule has 0 aliphatic heterocycles. The molecule has 1 atom stereocenters. The topological polar surface area (TPSA) is 113 Å². The van der Waals surface area contributed by atoms with Crippen molar-refractivity contribution in [1.82, 2.24) is 10.6 Å². The van der Waals surface area contributed by atoms with Crippen molar-refractivity contribution in [1.29, 1.82) is 0 Å². The molecule has 7 nitrogen and oxygen atoms in total. The van der Waals surface area contributed by atoms with Crippen molar-refractivity contribution in [3.63, 3.8) is 0 Å². The minimum absolute atomic E-state index is 0.0105. The van der Waals surface area contributed by atoms with Gasteiger partial charge in [0.05, 0.1) is 5.75 Å². The maximum Gasteiger partial charge on any atom is 0.326 e. The number of sulfone groups is 1. The fraction of sp³-hybridized carbons (Fsp3) is 0.778. The zero-order valence-corrected chi connectivity index (χ0v) is 10.7. The van der Waals surface area contributed by atoms with E-state index in [0.29, 0.717) is 6.42 Å². The maximum absolute atomic E-state index is 11.2. The van der Waals surface area contributed by atoms with Crippen LogP contribution in [0.25, 0.3) is 0 Å². The van der Waals surface area contributed by atoms with Gasteiger partial charge in [-0.1, -0.05) is 6.92 Å². The molecular formula is C9H18N2O5S. The van der Waals surface area contributed by atoms with Crippen LogP contribution in [0.5, 0.6) is 0 Å². The van der Waals surface area contributed by atoms with Crippen molar-refractivity contribution in [2.45, 2.75) is 25.8 Å². The van der Waals surface area contributed by atoms with Crippen LogP contribution in [0.3, 0.4) is 0 Å². The van der Waals surface area contributed by atoms with E-state index >= 15 is 0 Å². The quantitative estimate of drug-likeness (QED) is 0.542. The predicted molar refractivity (Wildman–Crippen MR) is 62.6 cm³/mol. The second-order valence-corrected chi connectivity index (χ2v) is 5.94. The number of urea groups is 1. The summed E-state index contributed by atoms with van der Waals surface area (Å²) in [6.45, 7) is 1.83. The van der Waals surface area contributed by atoms with Gasteiger partial charge in [0.25, 0.3) is 0 Å². The largest absolute Gasteiger partial charge is 0.480 e. The molecule has 8 heteroatoms. The number of aliphatic carboxylic acids is 1. The molecule has 0 saturated heterocycles. The van der Waals surface area contributed by atoms with Crippen LogP contribution >= 0.6 is 0 Å². The number of rotatable bonds is 7. The maximum atomic E-state index is 11.2. The molecule has 0 heterocycles. The third-order valence-electron chi connectivity index (χ3n) is 1.99. The number of hydrogen-bond donors (Lipinski definition) is 3. The number of nitrogens with one attached hydrogen (secondary N) is 2. The Bertz CT molecular complexity index is 366. The van der Waals surface area contributed by atoms with Gasteiger partial charge in [-0.3, -0.25) is 0 Å². The summed E-state index contributed by atoms with van der Waals surface area (Å²) in [4.78, 5) is 21.8. The van der Waals surface area contributed by atoms with E-state index in [1.165, 1.54) is 0 Å². The van der Waals surface area contributed by atoms with E-state index in [2.05, 4.69) is 10.6 Å². The van der Waals surface area contributed by atoms with E-state index in [9.17, 15) is 18.0 Å². The van der Waals surface area contributed by atoms with Crippen LogP contribution in [0.2, 0.25) is 0 Å². The summed E-state index contributed by atoms with van der Waals surface area (Å²) < 4.78 is 21.6. The summed E-state index contributed by atoms with van der Waals surface area (Å²) in [5.41, 5.74) is 0. The summed E-state index contributed by atoms with van der Waals surface area (Å²) in [6, 6.07) is -1.53. The minimum Gasteiger partial charge on any atom is -0.480 e. The summed E-state index contributed by atoms with van der Waals surface area (Å²) in [7, 11) is -3.03. The first-order chi connectivity index (χ1) is 7.76. The minimum atomic E-state index is -3.03. The van der Waals surface area contributed by atoms with E-state index in [1.54, 1.807) is 6.92 Å². The van der Waals surface area contributed by atoms with Crippen LogP contribution in [0, 0.1) is 0 Å². The van der Waals surface area contributed by atoms with E-state index in [0.717, 1.165) is 6.26 Å². The Hall–Kier alpha value is -1.31. The van der Waals surface area contributed by atoms with Gasteiger partial charge < -0.3 is 15.7 Å². The third-order valence-corrected chi connectivity index (χ3v) is 3.02. The molecule has 0 unspecified atom stereocenters. The predicted octanol–water partition coefficient (Wildman–Crippen LogP) is -0.416. The Morgan fingerprint density at radius 3 is 2.35 bits per heavy atom. The molecular weight excluding hydrogens is 248 g/mol. The lowest BCUT2D eigenvalue weighted by Crippen LogP contribution is -2.46. The number of carbonyl (C=O) groups excluding carboxylic acids is 1. The number of carboxylic acids is 1. The van der Waals surface area contributed by atoms with E-state index in [-0.39, 0.29) is 18.7 Å². The molecule has 0 aliphatic carbocycles. The fourth-order valence-corrected chi connectivity index (χ4v) is 1.75. The third kappa shape index (κ3) is 8.49. The van der Waals surface area contributed by atoms with Crippen molar-refractivity contribution < 1.29 is 23.1 Å². The van der Waals surface area contributed by atoms with Crippen molar-refractivity contribution in [3.8, 4) is 0 Å². The number of hydrogen-bond acceptors (Lipinski definition) is 4. The van der Waals surface area contributed by atoms with Crippen molar-refractivity contribution in [2.24, 2.45) is 0 Å². The normalized spacial score (nSPS) is 12.8. The van der Waals surface area contributed by atoms with Gasteiger partial charge in [0.2, 0.25) is 0 Å². The monoisotopic (exact) mass is 266 g/mol. The molecule has 0 aromatic carbocycles. The second-order valence-electron chi connectivity index (χ2n) is 3.68. The fourth-order valence-electron chi connectivity index (χ4n) is 1.08. The lowest BCUT2D eigenvalue weighted by atomic mass is 10.2. The van der Waals surface area contributed by atoms with Crippen molar-refractivity contribution in [2.75, 3.05) is 18.6 Å². The first kappa shape index (κ1) is 15.7. The molecule has 0 spiro atoms. The molecule has 0 rings (SSSR count). The number of carbonyl (C=O) groups is 2. The summed E-state index contributed by atoms with van der Waals surface area (Å²) >= 11 is 0. The smallest absolute Gasteiger partial charge is 0.326 e. The van der Waals surface area contributed by atoms with Crippen LogP contribution in [0.4, 0.5) is 4.79 Å².